The van der Waals surface area contributed by atoms with Gasteiger partial charge in [0.2, 0.25) is 0 Å². The SMILES string of the molecule is Cc1cc(C)c(COC(=O)[C@H]2[C@@H]3CC[C@@](N)(C(=O)O)[C@@H]32)c(C)c1. The average Bonchev–Trinajstić information content (AvgIpc) is 3.08. The van der Waals surface area contributed by atoms with E-state index in [1.165, 1.54) is 5.56 Å². The van der Waals surface area contributed by atoms with Crippen LogP contribution in [0.2, 0.25) is 0 Å². The van der Waals surface area contributed by atoms with Crippen LogP contribution in [0.15, 0.2) is 12.1 Å². The van der Waals surface area contributed by atoms with E-state index in [1.807, 2.05) is 20.8 Å². The van der Waals surface area contributed by atoms with Crippen LogP contribution in [-0.4, -0.2) is 22.6 Å². The molecule has 3 N–H and O–H groups in total. The predicted octanol–water partition coefficient (Wildman–Crippen LogP) is 2.09. The number of carbonyl (C=O) groups is 2. The molecule has 0 spiro atoms. The van der Waals surface area contributed by atoms with Crippen molar-refractivity contribution in [1.82, 2.24) is 0 Å². The van der Waals surface area contributed by atoms with E-state index in [0.29, 0.717) is 12.8 Å². The molecule has 0 amide bonds. The Morgan fingerprint density at radius 2 is 1.91 bits per heavy atom. The van der Waals surface area contributed by atoms with Gasteiger partial charge in [-0.25, -0.2) is 0 Å². The third-order valence-corrected chi connectivity index (χ3v) is 5.52. The summed E-state index contributed by atoms with van der Waals surface area (Å²) in [6, 6.07) is 4.13. The number of ether oxygens (including phenoxy) is 1. The van der Waals surface area contributed by atoms with Crippen molar-refractivity contribution in [2.75, 3.05) is 0 Å². The second kappa shape index (κ2) is 5.34. The summed E-state index contributed by atoms with van der Waals surface area (Å²) in [5.74, 6) is -1.87. The van der Waals surface area contributed by atoms with Gasteiger partial charge in [-0.2, -0.15) is 0 Å². The first kappa shape index (κ1) is 16.0. The minimum Gasteiger partial charge on any atom is -0.480 e. The summed E-state index contributed by atoms with van der Waals surface area (Å²) >= 11 is 0. The highest BCUT2D eigenvalue weighted by Crippen LogP contribution is 2.61. The van der Waals surface area contributed by atoms with E-state index < -0.39 is 11.5 Å². The third kappa shape index (κ3) is 2.53. The lowest BCUT2D eigenvalue weighted by atomic mass is 9.92. The number of carboxylic acids is 1. The number of esters is 1. The largest absolute Gasteiger partial charge is 0.480 e. The maximum Gasteiger partial charge on any atom is 0.324 e. The zero-order chi connectivity index (χ0) is 16.9. The lowest BCUT2D eigenvalue weighted by Gasteiger charge is -2.21. The lowest BCUT2D eigenvalue weighted by Crippen LogP contribution is -2.49. The molecule has 4 atom stereocenters. The Hall–Kier alpha value is -1.88. The van der Waals surface area contributed by atoms with Gasteiger partial charge < -0.3 is 15.6 Å². The molecule has 5 nitrogen and oxygen atoms in total. The van der Waals surface area contributed by atoms with Crippen LogP contribution in [0.5, 0.6) is 0 Å². The Bertz CT molecular complexity index is 661. The molecule has 2 saturated carbocycles. The minimum atomic E-state index is -1.26. The number of benzene rings is 1. The lowest BCUT2D eigenvalue weighted by molar-refractivity contribution is -0.149. The summed E-state index contributed by atoms with van der Waals surface area (Å²) in [7, 11) is 0. The van der Waals surface area contributed by atoms with Crippen molar-refractivity contribution in [3.63, 3.8) is 0 Å². The molecule has 0 aromatic heterocycles. The Labute approximate surface area is 135 Å². The van der Waals surface area contributed by atoms with Gasteiger partial charge in [-0.15, -0.1) is 0 Å². The summed E-state index contributed by atoms with van der Waals surface area (Å²) in [6.07, 6.45) is 1.13. The van der Waals surface area contributed by atoms with Crippen LogP contribution in [0, 0.1) is 38.5 Å². The van der Waals surface area contributed by atoms with E-state index in [4.69, 9.17) is 10.5 Å². The van der Waals surface area contributed by atoms with Crippen LogP contribution >= 0.6 is 0 Å². The number of rotatable bonds is 4. The van der Waals surface area contributed by atoms with Crippen LogP contribution in [-0.2, 0) is 20.9 Å². The second-order valence-corrected chi connectivity index (χ2v) is 7.08. The van der Waals surface area contributed by atoms with Crippen LogP contribution in [0.3, 0.4) is 0 Å². The van der Waals surface area contributed by atoms with Gasteiger partial charge in [0.1, 0.15) is 12.1 Å². The molecule has 3 rings (SSSR count). The molecule has 0 aliphatic heterocycles. The number of carboxylic acid groups (broad SMARTS) is 1. The average molecular weight is 317 g/mol. The number of nitrogens with two attached hydrogens (primary N) is 1. The Balaban J connectivity index is 1.66. The fourth-order valence-corrected chi connectivity index (χ4v) is 4.26. The van der Waals surface area contributed by atoms with Crippen molar-refractivity contribution >= 4 is 11.9 Å². The van der Waals surface area contributed by atoms with Gasteiger partial charge >= 0.3 is 11.9 Å². The molecule has 2 aliphatic rings. The fraction of sp³-hybridized carbons (Fsp3) is 0.556. The molecule has 23 heavy (non-hydrogen) atoms. The van der Waals surface area contributed by atoms with E-state index >= 15 is 0 Å². The first-order chi connectivity index (χ1) is 10.8. The van der Waals surface area contributed by atoms with Crippen LogP contribution < -0.4 is 5.73 Å². The minimum absolute atomic E-state index is 0.0730. The number of aliphatic carboxylic acids is 1. The molecule has 0 bridgehead atoms. The van der Waals surface area contributed by atoms with Crippen molar-refractivity contribution in [3.05, 3.63) is 34.4 Å². The first-order valence-corrected chi connectivity index (χ1v) is 8.01. The highest BCUT2D eigenvalue weighted by atomic mass is 16.5. The van der Waals surface area contributed by atoms with Gasteiger partial charge in [-0.1, -0.05) is 17.7 Å². The summed E-state index contributed by atoms with van der Waals surface area (Å²) in [6.45, 7) is 6.28. The van der Waals surface area contributed by atoms with Gasteiger partial charge in [-0.3, -0.25) is 9.59 Å². The Kier molecular flexibility index (Phi) is 3.71. The summed E-state index contributed by atoms with van der Waals surface area (Å²) in [5, 5.41) is 9.30. The standard InChI is InChI=1S/C18H23NO4/c1-9-6-10(2)13(11(3)7-9)8-23-16(20)14-12-4-5-18(19,15(12)14)17(21)22/h6-7,12,14-15H,4-5,8,19H2,1-3H3,(H,21,22)/t12-,14-,15-,18-/m0/s1. The van der Waals surface area contributed by atoms with Gasteiger partial charge in [-0.05, 0) is 56.2 Å². The number of fused-ring (bicyclic) bond motifs is 1. The van der Waals surface area contributed by atoms with E-state index in [2.05, 4.69) is 12.1 Å². The van der Waals surface area contributed by atoms with Crippen molar-refractivity contribution < 1.29 is 19.4 Å². The number of hydrogen-bond donors (Lipinski definition) is 2. The summed E-state index contributed by atoms with van der Waals surface area (Å²) < 4.78 is 5.48. The Morgan fingerprint density at radius 1 is 1.30 bits per heavy atom. The Morgan fingerprint density at radius 3 is 2.48 bits per heavy atom. The highest BCUT2D eigenvalue weighted by Gasteiger charge is 2.70. The summed E-state index contributed by atoms with van der Waals surface area (Å²) in [5.41, 5.74) is 9.13. The first-order valence-electron chi connectivity index (χ1n) is 8.01. The van der Waals surface area contributed by atoms with Crippen molar-refractivity contribution in [2.45, 2.75) is 45.8 Å². The van der Waals surface area contributed by atoms with E-state index in [9.17, 15) is 14.7 Å². The third-order valence-electron chi connectivity index (χ3n) is 5.52. The van der Waals surface area contributed by atoms with Gasteiger partial charge in [0, 0.05) is 5.92 Å². The van der Waals surface area contributed by atoms with Gasteiger partial charge in [0.05, 0.1) is 5.92 Å². The van der Waals surface area contributed by atoms with Crippen LogP contribution in [0.25, 0.3) is 0 Å². The molecule has 1 aromatic rings. The molecule has 1 aromatic carbocycles. The molecule has 0 heterocycles. The molecule has 5 heteroatoms. The smallest absolute Gasteiger partial charge is 0.324 e. The van der Waals surface area contributed by atoms with Crippen molar-refractivity contribution in [2.24, 2.45) is 23.5 Å². The molecule has 0 radical (unpaired) electrons. The quantitative estimate of drug-likeness (QED) is 0.830. The molecule has 124 valence electrons. The monoisotopic (exact) mass is 317 g/mol. The molecule has 0 unspecified atom stereocenters. The molecule has 0 saturated heterocycles. The molecular formula is C18H23NO4. The maximum atomic E-state index is 12.3. The summed E-state index contributed by atoms with van der Waals surface area (Å²) in [4.78, 5) is 23.7. The zero-order valence-corrected chi connectivity index (χ0v) is 13.8. The second-order valence-electron chi connectivity index (χ2n) is 7.08. The topological polar surface area (TPSA) is 89.6 Å². The van der Waals surface area contributed by atoms with Crippen LogP contribution in [0.1, 0.15) is 35.1 Å². The maximum absolute atomic E-state index is 12.3. The molecule has 2 aliphatic carbocycles. The van der Waals surface area contributed by atoms with Crippen molar-refractivity contribution in [1.29, 1.82) is 0 Å². The van der Waals surface area contributed by atoms with Crippen LogP contribution in [0.4, 0.5) is 0 Å². The van der Waals surface area contributed by atoms with E-state index in [0.717, 1.165) is 16.7 Å². The number of aryl methyl sites for hydroxylation is 3. The van der Waals surface area contributed by atoms with E-state index in [1.54, 1.807) is 0 Å². The van der Waals surface area contributed by atoms with E-state index in [-0.39, 0.29) is 30.3 Å². The van der Waals surface area contributed by atoms with Crippen molar-refractivity contribution in [3.8, 4) is 0 Å². The van der Waals surface area contributed by atoms with Gasteiger partial charge in [0.15, 0.2) is 0 Å². The number of carbonyl (C=O) groups excluding carboxylic acids is 1. The normalized spacial score (nSPS) is 31.6. The fourth-order valence-electron chi connectivity index (χ4n) is 4.26. The molecule has 2 fully saturated rings. The highest BCUT2D eigenvalue weighted by molar-refractivity contribution is 5.85. The zero-order valence-electron chi connectivity index (χ0n) is 13.8. The molecular weight excluding hydrogens is 294 g/mol. The number of hydrogen-bond acceptors (Lipinski definition) is 4. The predicted molar refractivity (Wildman–Crippen MR) is 84.7 cm³/mol. The van der Waals surface area contributed by atoms with Gasteiger partial charge in [0.25, 0.3) is 0 Å².